The van der Waals surface area contributed by atoms with Crippen molar-refractivity contribution >= 4 is 6.47 Å². The van der Waals surface area contributed by atoms with Gasteiger partial charge in [0.15, 0.2) is 0 Å². The number of benzene rings is 1. The van der Waals surface area contributed by atoms with Gasteiger partial charge in [0, 0.05) is 5.56 Å². The van der Waals surface area contributed by atoms with Gasteiger partial charge in [-0.15, -0.1) is 0 Å². The third-order valence-corrected chi connectivity index (χ3v) is 5.88. The van der Waals surface area contributed by atoms with Gasteiger partial charge in [-0.1, -0.05) is 46.1 Å². The minimum atomic E-state index is -0.198. The zero-order valence-corrected chi connectivity index (χ0v) is 17.9. The van der Waals surface area contributed by atoms with E-state index in [-0.39, 0.29) is 17.1 Å². The van der Waals surface area contributed by atoms with E-state index in [0.717, 1.165) is 63.4 Å². The first-order valence-electron chi connectivity index (χ1n) is 10.9. The van der Waals surface area contributed by atoms with E-state index >= 15 is 0 Å². The Morgan fingerprint density at radius 3 is 2.32 bits per heavy atom. The van der Waals surface area contributed by atoms with Crippen molar-refractivity contribution < 1.29 is 19.7 Å². The number of phenolic OH excluding ortho intramolecular Hbond substituents is 2. The summed E-state index contributed by atoms with van der Waals surface area (Å²) in [7, 11) is 0. The average molecular weight is 391 g/mol. The van der Waals surface area contributed by atoms with Crippen LogP contribution < -0.4 is 0 Å². The molecular weight excluding hydrogens is 352 g/mol. The molecule has 0 aliphatic heterocycles. The first-order valence-corrected chi connectivity index (χ1v) is 10.9. The quantitative estimate of drug-likeness (QED) is 0.317. The molecule has 0 aromatic heterocycles. The predicted octanol–water partition coefficient (Wildman–Crippen LogP) is 6.06. The summed E-state index contributed by atoms with van der Waals surface area (Å²) in [5, 5.41) is 20.8. The monoisotopic (exact) mass is 390 g/mol. The van der Waals surface area contributed by atoms with Crippen molar-refractivity contribution in [2.75, 3.05) is 0 Å². The predicted molar refractivity (Wildman–Crippen MR) is 113 cm³/mol. The summed E-state index contributed by atoms with van der Waals surface area (Å²) in [5.74, 6) is 0.465. The number of carbonyl (C=O) groups excluding carboxylic acids is 1. The molecule has 4 heteroatoms. The number of aryl methyl sites for hydroxylation is 1. The number of phenols is 2. The van der Waals surface area contributed by atoms with Gasteiger partial charge in [-0.2, -0.15) is 0 Å². The molecule has 0 saturated heterocycles. The highest BCUT2D eigenvalue weighted by Crippen LogP contribution is 2.43. The maximum atomic E-state index is 10.6. The van der Waals surface area contributed by atoms with Crippen molar-refractivity contribution in [3.05, 3.63) is 23.3 Å². The Labute approximate surface area is 170 Å². The lowest BCUT2D eigenvalue weighted by atomic mass is 9.89. The van der Waals surface area contributed by atoms with Crippen LogP contribution in [-0.2, 0) is 22.4 Å². The molecule has 1 fully saturated rings. The third-order valence-electron chi connectivity index (χ3n) is 5.88. The molecule has 2 rings (SSSR count). The van der Waals surface area contributed by atoms with E-state index in [4.69, 9.17) is 4.74 Å². The first-order chi connectivity index (χ1) is 13.3. The van der Waals surface area contributed by atoms with Crippen LogP contribution in [0.5, 0.6) is 11.5 Å². The van der Waals surface area contributed by atoms with Gasteiger partial charge >= 0.3 is 0 Å². The molecule has 0 bridgehead atoms. The van der Waals surface area contributed by atoms with E-state index in [9.17, 15) is 15.0 Å². The maximum Gasteiger partial charge on any atom is 0.293 e. The molecule has 0 amide bonds. The molecule has 0 unspecified atom stereocenters. The molecule has 2 N–H and O–H groups in total. The fourth-order valence-corrected chi connectivity index (χ4v) is 3.86. The molecule has 4 nitrogen and oxygen atoms in total. The first kappa shape index (κ1) is 22.6. The number of hydrogen-bond donors (Lipinski definition) is 2. The number of hydrogen-bond acceptors (Lipinski definition) is 4. The van der Waals surface area contributed by atoms with Gasteiger partial charge in [-0.05, 0) is 74.8 Å². The topological polar surface area (TPSA) is 66.8 Å². The summed E-state index contributed by atoms with van der Waals surface area (Å²) in [6, 6.07) is 3.54. The summed E-state index contributed by atoms with van der Waals surface area (Å²) in [4.78, 5) is 10.5. The molecule has 0 atom stereocenters. The van der Waals surface area contributed by atoms with Crippen LogP contribution in [0.25, 0.3) is 0 Å². The minimum Gasteiger partial charge on any atom is -0.508 e. The highest BCUT2D eigenvalue weighted by Gasteiger charge is 2.44. The Balaban J connectivity index is 1.75. The fourth-order valence-electron chi connectivity index (χ4n) is 3.86. The van der Waals surface area contributed by atoms with Crippen molar-refractivity contribution in [3.8, 4) is 11.5 Å². The highest BCUT2D eigenvalue weighted by atomic mass is 16.5. The lowest BCUT2D eigenvalue weighted by Gasteiger charge is -2.17. The number of aromatic hydroxyl groups is 2. The molecule has 0 spiro atoms. The lowest BCUT2D eigenvalue weighted by molar-refractivity contribution is -0.135. The molecule has 1 saturated carbocycles. The summed E-state index contributed by atoms with van der Waals surface area (Å²) < 4.78 is 5.18. The third kappa shape index (κ3) is 7.37. The van der Waals surface area contributed by atoms with Crippen LogP contribution in [-0.4, -0.2) is 22.3 Å². The van der Waals surface area contributed by atoms with E-state index in [1.54, 1.807) is 6.07 Å². The smallest absolute Gasteiger partial charge is 0.293 e. The van der Waals surface area contributed by atoms with E-state index < -0.39 is 0 Å². The minimum absolute atomic E-state index is 0.198. The standard InChI is InChI=1S/C24H38O4/c1-23(2,3)14-8-5-4-6-11-20-21(26)13-12-19(22(20)27)10-7-9-15-24(16-17-24)28-18-25/h12-13,18,26-27H,4-11,14-17H2,1-3H3. The van der Waals surface area contributed by atoms with Crippen LogP contribution in [0, 0.1) is 5.41 Å². The Morgan fingerprint density at radius 1 is 1.00 bits per heavy atom. The SMILES string of the molecule is CC(C)(C)CCCCCCc1c(O)ccc(CCCCC2(OC=O)CC2)c1O. The van der Waals surface area contributed by atoms with Gasteiger partial charge in [0.1, 0.15) is 17.1 Å². The molecule has 0 heterocycles. The van der Waals surface area contributed by atoms with Gasteiger partial charge in [0.05, 0.1) is 0 Å². The molecule has 158 valence electrons. The van der Waals surface area contributed by atoms with Crippen molar-refractivity contribution in [1.29, 1.82) is 0 Å². The largest absolute Gasteiger partial charge is 0.508 e. The van der Waals surface area contributed by atoms with Gasteiger partial charge in [-0.3, -0.25) is 4.79 Å². The molecule has 1 aliphatic rings. The van der Waals surface area contributed by atoms with Gasteiger partial charge in [0.25, 0.3) is 6.47 Å². The normalized spacial score (nSPS) is 15.4. The Morgan fingerprint density at radius 2 is 1.68 bits per heavy atom. The van der Waals surface area contributed by atoms with Crippen molar-refractivity contribution in [2.24, 2.45) is 5.41 Å². The van der Waals surface area contributed by atoms with Crippen molar-refractivity contribution in [3.63, 3.8) is 0 Å². The molecule has 28 heavy (non-hydrogen) atoms. The second-order valence-corrected chi connectivity index (χ2v) is 9.65. The van der Waals surface area contributed by atoms with Crippen LogP contribution in [0.2, 0.25) is 0 Å². The van der Waals surface area contributed by atoms with E-state index in [1.807, 2.05) is 6.07 Å². The maximum absolute atomic E-state index is 10.6. The van der Waals surface area contributed by atoms with E-state index in [1.165, 1.54) is 19.3 Å². The van der Waals surface area contributed by atoms with Crippen molar-refractivity contribution in [2.45, 2.75) is 103 Å². The number of unbranched alkanes of at least 4 members (excludes halogenated alkanes) is 4. The molecule has 0 radical (unpaired) electrons. The summed E-state index contributed by atoms with van der Waals surface area (Å²) in [6.07, 6.45) is 12.0. The molecule has 1 aromatic carbocycles. The van der Waals surface area contributed by atoms with E-state index in [0.29, 0.717) is 17.5 Å². The average Bonchev–Trinajstić information content (AvgIpc) is 3.38. The molecule has 1 aromatic rings. The summed E-state index contributed by atoms with van der Waals surface area (Å²) >= 11 is 0. The molecular formula is C24H38O4. The lowest BCUT2D eigenvalue weighted by Crippen LogP contribution is -2.12. The van der Waals surface area contributed by atoms with Crippen LogP contribution in [0.1, 0.15) is 96.1 Å². The number of carbonyl (C=O) groups is 1. The zero-order chi connectivity index (χ0) is 20.6. The van der Waals surface area contributed by atoms with Crippen LogP contribution >= 0.6 is 0 Å². The van der Waals surface area contributed by atoms with Gasteiger partial charge < -0.3 is 14.9 Å². The summed E-state index contributed by atoms with van der Waals surface area (Å²) in [6.45, 7) is 7.38. The number of ether oxygens (including phenoxy) is 1. The Kier molecular flexibility index (Phi) is 8.21. The summed E-state index contributed by atoms with van der Waals surface area (Å²) in [5.41, 5.74) is 1.79. The van der Waals surface area contributed by atoms with Crippen LogP contribution in [0.15, 0.2) is 12.1 Å². The second-order valence-electron chi connectivity index (χ2n) is 9.65. The fraction of sp³-hybridized carbons (Fsp3) is 0.708. The molecule has 1 aliphatic carbocycles. The van der Waals surface area contributed by atoms with E-state index in [2.05, 4.69) is 20.8 Å². The Bertz CT molecular complexity index is 626. The van der Waals surface area contributed by atoms with Crippen molar-refractivity contribution in [1.82, 2.24) is 0 Å². The van der Waals surface area contributed by atoms with Gasteiger partial charge in [-0.25, -0.2) is 0 Å². The van der Waals surface area contributed by atoms with Gasteiger partial charge in [0.2, 0.25) is 0 Å². The highest BCUT2D eigenvalue weighted by molar-refractivity contribution is 5.48. The Hall–Kier alpha value is -1.71. The zero-order valence-electron chi connectivity index (χ0n) is 17.9. The van der Waals surface area contributed by atoms with Crippen LogP contribution in [0.4, 0.5) is 0 Å². The second kappa shape index (κ2) is 10.2. The number of rotatable bonds is 13. The van der Waals surface area contributed by atoms with Crippen LogP contribution in [0.3, 0.4) is 0 Å².